The van der Waals surface area contributed by atoms with Crippen molar-refractivity contribution < 1.29 is 4.79 Å². The predicted octanol–water partition coefficient (Wildman–Crippen LogP) is 4.03. The molecule has 5 nitrogen and oxygen atoms in total. The number of hydrogen-bond acceptors (Lipinski definition) is 2. The van der Waals surface area contributed by atoms with Crippen LogP contribution in [0.2, 0.25) is 0 Å². The van der Waals surface area contributed by atoms with Crippen LogP contribution in [0.25, 0.3) is 0 Å². The zero-order valence-electron chi connectivity index (χ0n) is 17.1. The summed E-state index contributed by atoms with van der Waals surface area (Å²) < 4.78 is 0. The Kier molecular flexibility index (Phi) is 11.5. The molecule has 1 amide bonds. The number of aliphatic imine (C=N–C) groups is 1. The van der Waals surface area contributed by atoms with E-state index < -0.39 is 0 Å². The second kappa shape index (κ2) is 12.1. The first-order chi connectivity index (χ1) is 11.8. The molecule has 2 N–H and O–H groups in total. The van der Waals surface area contributed by atoms with Gasteiger partial charge in [-0.1, -0.05) is 25.5 Å². The molecule has 0 aromatic heterocycles. The summed E-state index contributed by atoms with van der Waals surface area (Å²) in [5, 5.41) is 6.32. The Morgan fingerprint density at radius 3 is 2.50 bits per heavy atom. The Morgan fingerprint density at radius 2 is 1.92 bits per heavy atom. The van der Waals surface area contributed by atoms with Crippen LogP contribution in [0, 0.1) is 0 Å². The van der Waals surface area contributed by atoms with Crippen LogP contribution in [0.15, 0.2) is 29.3 Å². The van der Waals surface area contributed by atoms with Gasteiger partial charge in [0.25, 0.3) is 5.91 Å². The van der Waals surface area contributed by atoms with E-state index in [4.69, 9.17) is 4.99 Å². The number of hydrogen-bond donors (Lipinski definition) is 2. The van der Waals surface area contributed by atoms with Crippen molar-refractivity contribution in [1.82, 2.24) is 15.5 Å². The van der Waals surface area contributed by atoms with Crippen LogP contribution in [0.5, 0.6) is 0 Å². The van der Waals surface area contributed by atoms with Gasteiger partial charge in [0, 0.05) is 31.2 Å². The first kappa shape index (κ1) is 24.7. The fourth-order valence-corrected chi connectivity index (χ4v) is 2.36. The molecule has 0 radical (unpaired) electrons. The highest BCUT2D eigenvalue weighted by Crippen LogP contribution is 2.09. The molecule has 0 spiro atoms. The second-order valence-electron chi connectivity index (χ2n) is 7.35. The Morgan fingerprint density at radius 1 is 1.23 bits per heavy atom. The second-order valence-corrected chi connectivity index (χ2v) is 7.35. The largest absolute Gasteiger partial charge is 0.357 e. The number of nitrogens with one attached hydrogen (secondary N) is 2. The number of carbonyl (C=O) groups is 1. The summed E-state index contributed by atoms with van der Waals surface area (Å²) in [6.45, 7) is 12.6. The molecular formula is C20H35IN4O. The van der Waals surface area contributed by atoms with Crippen LogP contribution < -0.4 is 10.6 Å². The van der Waals surface area contributed by atoms with Gasteiger partial charge in [-0.05, 0) is 51.8 Å². The number of rotatable bonds is 7. The van der Waals surface area contributed by atoms with Crippen molar-refractivity contribution in [3.05, 3.63) is 35.4 Å². The van der Waals surface area contributed by atoms with Gasteiger partial charge in [0.1, 0.15) is 0 Å². The van der Waals surface area contributed by atoms with E-state index in [0.29, 0.717) is 12.1 Å². The molecule has 0 aliphatic carbocycles. The van der Waals surface area contributed by atoms with Crippen LogP contribution in [0.3, 0.4) is 0 Å². The quantitative estimate of drug-likeness (QED) is 0.357. The third kappa shape index (κ3) is 9.40. The van der Waals surface area contributed by atoms with Crippen molar-refractivity contribution in [2.24, 2.45) is 4.99 Å². The van der Waals surface area contributed by atoms with E-state index in [2.05, 4.69) is 36.4 Å². The standard InChI is InChI=1S/C20H34N4O.HI/c1-7-9-13-24(6)19(21-8-2)22-15-16-11-10-12-17(14-16)18(25)23-20(3,4)5;/h10-12,14H,7-9,13,15H2,1-6H3,(H,21,22)(H,23,25);1H. The van der Waals surface area contributed by atoms with Crippen LogP contribution in [0.1, 0.15) is 63.4 Å². The average Bonchev–Trinajstić information content (AvgIpc) is 2.55. The van der Waals surface area contributed by atoms with Gasteiger partial charge < -0.3 is 15.5 Å². The number of carbonyl (C=O) groups excluding carboxylic acids is 1. The summed E-state index contributed by atoms with van der Waals surface area (Å²) in [6.07, 6.45) is 2.30. The lowest BCUT2D eigenvalue weighted by molar-refractivity contribution is 0.0919. The molecule has 6 heteroatoms. The minimum atomic E-state index is -0.245. The Bertz CT molecular complexity index is 581. The van der Waals surface area contributed by atoms with Crippen molar-refractivity contribution in [2.45, 2.75) is 59.5 Å². The number of benzene rings is 1. The number of guanidine groups is 1. The van der Waals surface area contributed by atoms with E-state index in [1.165, 1.54) is 0 Å². The van der Waals surface area contributed by atoms with Gasteiger partial charge in [0.05, 0.1) is 6.54 Å². The van der Waals surface area contributed by atoms with Gasteiger partial charge in [0.15, 0.2) is 5.96 Å². The van der Waals surface area contributed by atoms with Crippen molar-refractivity contribution in [1.29, 1.82) is 0 Å². The Labute approximate surface area is 176 Å². The summed E-state index contributed by atoms with van der Waals surface area (Å²) in [6, 6.07) is 7.68. The molecular weight excluding hydrogens is 439 g/mol. The number of unbranched alkanes of at least 4 members (excludes halogenated alkanes) is 1. The monoisotopic (exact) mass is 474 g/mol. The fraction of sp³-hybridized carbons (Fsp3) is 0.600. The lowest BCUT2D eigenvalue weighted by Gasteiger charge is -2.22. The van der Waals surface area contributed by atoms with Crippen molar-refractivity contribution in [2.75, 3.05) is 20.1 Å². The minimum Gasteiger partial charge on any atom is -0.357 e. The Balaban J connectivity index is 0.00000625. The van der Waals surface area contributed by atoms with Gasteiger partial charge >= 0.3 is 0 Å². The third-order valence-corrected chi connectivity index (χ3v) is 3.63. The van der Waals surface area contributed by atoms with Crippen LogP contribution in [-0.2, 0) is 6.54 Å². The summed E-state index contributed by atoms with van der Waals surface area (Å²) in [5.74, 6) is 0.853. The van der Waals surface area contributed by atoms with Crippen molar-refractivity contribution in [3.63, 3.8) is 0 Å². The van der Waals surface area contributed by atoms with E-state index in [9.17, 15) is 4.79 Å². The molecule has 0 fully saturated rings. The molecule has 0 aliphatic heterocycles. The highest BCUT2D eigenvalue weighted by atomic mass is 127. The van der Waals surface area contributed by atoms with E-state index in [1.54, 1.807) is 0 Å². The normalized spacial score (nSPS) is 11.5. The van der Waals surface area contributed by atoms with Crippen LogP contribution >= 0.6 is 24.0 Å². The number of nitrogens with zero attached hydrogens (tertiary/aromatic N) is 2. The molecule has 0 unspecified atom stereocenters. The van der Waals surface area contributed by atoms with E-state index in [-0.39, 0.29) is 35.4 Å². The molecule has 148 valence electrons. The molecule has 0 bridgehead atoms. The lowest BCUT2D eigenvalue weighted by atomic mass is 10.1. The van der Waals surface area contributed by atoms with Gasteiger partial charge in [-0.15, -0.1) is 24.0 Å². The third-order valence-electron chi connectivity index (χ3n) is 3.63. The van der Waals surface area contributed by atoms with Gasteiger partial charge in [-0.3, -0.25) is 4.79 Å². The molecule has 0 atom stereocenters. The molecule has 1 rings (SSSR count). The maximum atomic E-state index is 12.3. The average molecular weight is 474 g/mol. The molecule has 1 aromatic carbocycles. The van der Waals surface area contributed by atoms with E-state index in [1.807, 2.05) is 45.0 Å². The molecule has 0 saturated heterocycles. The van der Waals surface area contributed by atoms with E-state index >= 15 is 0 Å². The number of amides is 1. The van der Waals surface area contributed by atoms with Crippen LogP contribution in [-0.4, -0.2) is 42.4 Å². The molecule has 0 saturated carbocycles. The fourth-order valence-electron chi connectivity index (χ4n) is 2.36. The zero-order chi connectivity index (χ0) is 18.9. The Hall–Kier alpha value is -1.31. The summed E-state index contributed by atoms with van der Waals surface area (Å²) in [4.78, 5) is 19.2. The zero-order valence-corrected chi connectivity index (χ0v) is 19.4. The summed E-state index contributed by atoms with van der Waals surface area (Å²) in [5.41, 5.74) is 1.46. The highest BCUT2D eigenvalue weighted by molar-refractivity contribution is 14.0. The predicted molar refractivity (Wildman–Crippen MR) is 121 cm³/mol. The van der Waals surface area contributed by atoms with Crippen LogP contribution in [0.4, 0.5) is 0 Å². The topological polar surface area (TPSA) is 56.7 Å². The summed E-state index contributed by atoms with van der Waals surface area (Å²) in [7, 11) is 2.06. The smallest absolute Gasteiger partial charge is 0.251 e. The lowest BCUT2D eigenvalue weighted by Crippen LogP contribution is -2.40. The molecule has 1 aromatic rings. The van der Waals surface area contributed by atoms with Crippen molar-refractivity contribution >= 4 is 35.8 Å². The van der Waals surface area contributed by atoms with Crippen molar-refractivity contribution in [3.8, 4) is 0 Å². The first-order valence-electron chi connectivity index (χ1n) is 9.17. The minimum absolute atomic E-state index is 0. The van der Waals surface area contributed by atoms with Gasteiger partial charge in [-0.25, -0.2) is 4.99 Å². The maximum Gasteiger partial charge on any atom is 0.251 e. The van der Waals surface area contributed by atoms with Gasteiger partial charge in [-0.2, -0.15) is 0 Å². The van der Waals surface area contributed by atoms with Gasteiger partial charge in [0.2, 0.25) is 0 Å². The SMILES string of the molecule is CCCCN(C)C(=NCc1cccc(C(=O)NC(C)(C)C)c1)NCC.I. The number of halogens is 1. The highest BCUT2D eigenvalue weighted by Gasteiger charge is 2.15. The molecule has 0 heterocycles. The first-order valence-corrected chi connectivity index (χ1v) is 9.17. The molecule has 0 aliphatic rings. The summed E-state index contributed by atoms with van der Waals surface area (Å²) >= 11 is 0. The molecule has 26 heavy (non-hydrogen) atoms. The maximum absolute atomic E-state index is 12.3. The van der Waals surface area contributed by atoms with E-state index in [0.717, 1.165) is 37.5 Å².